The van der Waals surface area contributed by atoms with E-state index in [1.165, 1.54) is 0 Å². The molecule has 2 aromatic heterocycles. The molecule has 0 radical (unpaired) electrons. The number of benzene rings is 2. The van der Waals surface area contributed by atoms with E-state index in [1.807, 2.05) is 76.2 Å². The summed E-state index contributed by atoms with van der Waals surface area (Å²) in [5, 5.41) is 27.9. The highest BCUT2D eigenvalue weighted by atomic mass is 16.4. The number of nitrogens with one attached hydrogen (secondary N) is 8. The molecular formula is C44H58N8O8. The number of aromatic nitrogens is 2. The summed E-state index contributed by atoms with van der Waals surface area (Å²) in [4.78, 5) is 104. The number of aromatic amines is 2. The van der Waals surface area contributed by atoms with Crippen molar-refractivity contribution >= 4 is 63.2 Å². The number of carbonyl (C=O) groups is 7. The van der Waals surface area contributed by atoms with Gasteiger partial charge in [0, 0.05) is 47.0 Å². The zero-order valence-corrected chi connectivity index (χ0v) is 35.0. The molecule has 0 bridgehead atoms. The lowest BCUT2D eigenvalue weighted by Gasteiger charge is -2.32. The maximum atomic E-state index is 14.7. The molecule has 9 N–H and O–H groups in total. The van der Waals surface area contributed by atoms with Crippen molar-refractivity contribution in [3.05, 3.63) is 72.1 Å². The van der Waals surface area contributed by atoms with Gasteiger partial charge >= 0.3 is 5.97 Å². The number of carbonyl (C=O) groups excluding carboxylic acids is 6. The van der Waals surface area contributed by atoms with Crippen LogP contribution in [-0.2, 0) is 46.4 Å². The van der Waals surface area contributed by atoms with E-state index in [4.69, 9.17) is 0 Å². The van der Waals surface area contributed by atoms with Crippen LogP contribution in [0.25, 0.3) is 21.8 Å². The van der Waals surface area contributed by atoms with Crippen molar-refractivity contribution in [2.45, 2.75) is 116 Å². The number of hydrogen-bond acceptors (Lipinski definition) is 7. The number of hydrogen-bond donors (Lipinski definition) is 9. The average molecular weight is 827 g/mol. The van der Waals surface area contributed by atoms with Gasteiger partial charge < -0.3 is 47.0 Å². The average Bonchev–Trinajstić information content (AvgIpc) is 3.83. The van der Waals surface area contributed by atoms with E-state index in [-0.39, 0.29) is 25.2 Å². The molecule has 0 aliphatic carbocycles. The molecule has 1 aliphatic heterocycles. The Labute approximate surface area is 349 Å². The van der Waals surface area contributed by atoms with Gasteiger partial charge in [-0.3, -0.25) is 33.6 Å². The summed E-state index contributed by atoms with van der Waals surface area (Å²) < 4.78 is 0. The smallest absolute Gasteiger partial charge is 0.305 e. The summed E-state index contributed by atoms with van der Waals surface area (Å²) in [6.45, 7) is 10.8. The van der Waals surface area contributed by atoms with Gasteiger partial charge in [-0.05, 0) is 47.4 Å². The fourth-order valence-corrected chi connectivity index (χ4v) is 7.53. The predicted octanol–water partition coefficient (Wildman–Crippen LogP) is 2.97. The number of para-hydroxylation sites is 2. The molecule has 3 heterocycles. The molecule has 2 aromatic carbocycles. The lowest BCUT2D eigenvalue weighted by molar-refractivity contribution is -0.142. The third-order valence-corrected chi connectivity index (χ3v) is 11.4. The van der Waals surface area contributed by atoms with Crippen LogP contribution < -0.4 is 31.9 Å². The van der Waals surface area contributed by atoms with Crippen molar-refractivity contribution in [3.8, 4) is 0 Å². The largest absolute Gasteiger partial charge is 0.481 e. The molecule has 16 heteroatoms. The van der Waals surface area contributed by atoms with Gasteiger partial charge in [0.15, 0.2) is 0 Å². The summed E-state index contributed by atoms with van der Waals surface area (Å²) in [6.07, 6.45) is 3.65. The first-order chi connectivity index (χ1) is 28.6. The number of fused-ring (bicyclic) bond motifs is 2. The molecule has 1 saturated heterocycles. The summed E-state index contributed by atoms with van der Waals surface area (Å²) in [5.41, 5.74) is 3.04. The fraction of sp³-hybridized carbons (Fsp3) is 0.477. The molecular weight excluding hydrogens is 769 g/mol. The molecule has 322 valence electrons. The second kappa shape index (κ2) is 20.2. The minimum Gasteiger partial charge on any atom is -0.481 e. The quantitative estimate of drug-likeness (QED) is 0.103. The Kier molecular flexibility index (Phi) is 15.1. The van der Waals surface area contributed by atoms with E-state index >= 15 is 0 Å². The van der Waals surface area contributed by atoms with E-state index in [0.717, 1.165) is 27.4 Å². The highest BCUT2D eigenvalue weighted by molar-refractivity contribution is 5.99. The van der Waals surface area contributed by atoms with Gasteiger partial charge in [0.1, 0.15) is 36.3 Å². The summed E-state index contributed by atoms with van der Waals surface area (Å²) in [7, 11) is 0. The molecule has 4 aromatic rings. The Morgan fingerprint density at radius 1 is 0.550 bits per heavy atom. The third kappa shape index (κ3) is 11.1. The second-order valence-electron chi connectivity index (χ2n) is 16.3. The van der Waals surface area contributed by atoms with Crippen molar-refractivity contribution < 1.29 is 38.7 Å². The number of H-pyrrole nitrogens is 2. The molecule has 0 saturated carbocycles. The second-order valence-corrected chi connectivity index (χ2v) is 16.3. The zero-order valence-electron chi connectivity index (χ0n) is 35.0. The van der Waals surface area contributed by atoms with Crippen molar-refractivity contribution in [3.63, 3.8) is 0 Å². The predicted molar refractivity (Wildman–Crippen MR) is 226 cm³/mol. The van der Waals surface area contributed by atoms with Gasteiger partial charge in [-0.15, -0.1) is 0 Å². The lowest BCUT2D eigenvalue weighted by atomic mass is 9.94. The first kappa shape index (κ1) is 44.9. The van der Waals surface area contributed by atoms with Crippen LogP contribution in [0.2, 0.25) is 0 Å². The summed E-state index contributed by atoms with van der Waals surface area (Å²) >= 11 is 0. The van der Waals surface area contributed by atoms with Gasteiger partial charge in [0.25, 0.3) is 0 Å². The number of amides is 6. The Balaban J connectivity index is 1.62. The van der Waals surface area contributed by atoms with E-state index in [2.05, 4.69) is 41.9 Å². The maximum absolute atomic E-state index is 14.7. The summed E-state index contributed by atoms with van der Waals surface area (Å²) in [5.74, 6) is -6.94. The molecule has 6 amide bonds. The first-order valence-electron chi connectivity index (χ1n) is 20.7. The third-order valence-electron chi connectivity index (χ3n) is 11.4. The molecule has 16 nitrogen and oxygen atoms in total. The highest BCUT2D eigenvalue weighted by Crippen LogP contribution is 2.22. The first-order valence-corrected chi connectivity index (χ1v) is 20.7. The van der Waals surface area contributed by atoms with E-state index in [0.29, 0.717) is 18.4 Å². The van der Waals surface area contributed by atoms with Crippen LogP contribution in [0.15, 0.2) is 60.9 Å². The van der Waals surface area contributed by atoms with Crippen molar-refractivity contribution in [1.82, 2.24) is 41.9 Å². The molecule has 8 atom stereocenters. The Morgan fingerprint density at radius 3 is 1.40 bits per heavy atom. The molecule has 60 heavy (non-hydrogen) atoms. The Hall–Kier alpha value is -6.19. The van der Waals surface area contributed by atoms with Crippen LogP contribution in [0, 0.1) is 17.8 Å². The van der Waals surface area contributed by atoms with Crippen molar-refractivity contribution in [2.75, 3.05) is 0 Å². The topological polar surface area (TPSA) is 243 Å². The van der Waals surface area contributed by atoms with Gasteiger partial charge in [-0.2, -0.15) is 0 Å². The van der Waals surface area contributed by atoms with E-state index in [1.54, 1.807) is 26.2 Å². The monoisotopic (exact) mass is 826 g/mol. The minimum absolute atomic E-state index is 0.0130. The lowest BCUT2D eigenvalue weighted by Crippen LogP contribution is -2.63. The molecule has 1 aliphatic rings. The number of carboxylic acid groups (broad SMARTS) is 1. The van der Waals surface area contributed by atoms with Crippen LogP contribution in [0.4, 0.5) is 0 Å². The number of aliphatic carboxylic acids is 1. The van der Waals surface area contributed by atoms with Crippen molar-refractivity contribution in [1.29, 1.82) is 0 Å². The standard InChI is InChI=1S/C44H58N8O8/c1-7-24(5)37-43(59)50-34(19-27-22-46-31-16-12-10-14-29(27)31)41(57)48-33(18-26-21-45-30-15-11-9-13-28(26)30)40(56)47-32(17-23(3)4)39(55)49-35(20-36(53)54)42(58)51-38(25(6)8-2)44(60)52-37/h9-16,21-25,32-35,37-38,45-46H,7-8,17-20H2,1-6H3,(H,47,56)(H,48,57)(H,49,55)(H,50,59)(H,51,58)(H,52,60)(H,53,54)/t24-,25-,32-,33+,34-,35-,37-,38-/m0/s1. The van der Waals surface area contributed by atoms with Crippen LogP contribution in [0.3, 0.4) is 0 Å². The SMILES string of the molecule is CC[C@H](C)[C@@H]1NC(=O)[C@H](CC(=O)O)NC(=O)[C@H](CC(C)C)NC(=O)[C@@H](Cc2c[nH]c3ccccc23)NC(=O)[C@H](Cc2c[nH]c3ccccc23)NC(=O)[C@H]([C@@H](C)CC)NC1=O. The van der Waals surface area contributed by atoms with Gasteiger partial charge in [-0.25, -0.2) is 0 Å². The maximum Gasteiger partial charge on any atom is 0.305 e. The van der Waals surface area contributed by atoms with Gasteiger partial charge in [0.2, 0.25) is 35.4 Å². The van der Waals surface area contributed by atoms with Crippen LogP contribution in [0.5, 0.6) is 0 Å². The Morgan fingerprint density at radius 2 is 0.933 bits per heavy atom. The number of carboxylic acids is 1. The molecule has 0 spiro atoms. The molecule has 1 fully saturated rings. The van der Waals surface area contributed by atoms with Crippen LogP contribution in [-0.4, -0.2) is 92.7 Å². The van der Waals surface area contributed by atoms with E-state index < -0.39 is 95.9 Å². The Bertz CT molecular complexity index is 2200. The summed E-state index contributed by atoms with van der Waals surface area (Å²) in [6, 6.07) is 7.17. The fourth-order valence-electron chi connectivity index (χ4n) is 7.53. The zero-order chi connectivity index (χ0) is 43.7. The normalized spacial score (nSPS) is 23.7. The van der Waals surface area contributed by atoms with Crippen molar-refractivity contribution in [2.24, 2.45) is 17.8 Å². The van der Waals surface area contributed by atoms with Crippen LogP contribution in [0.1, 0.15) is 78.4 Å². The van der Waals surface area contributed by atoms with Gasteiger partial charge in [0.05, 0.1) is 6.42 Å². The number of rotatable bonds is 12. The minimum atomic E-state index is -1.62. The highest BCUT2D eigenvalue weighted by Gasteiger charge is 2.38. The van der Waals surface area contributed by atoms with Gasteiger partial charge in [-0.1, -0.05) is 90.8 Å². The van der Waals surface area contributed by atoms with E-state index in [9.17, 15) is 38.7 Å². The van der Waals surface area contributed by atoms with Crippen LogP contribution >= 0.6 is 0 Å². The molecule has 0 unspecified atom stereocenters. The molecule has 5 rings (SSSR count).